The molecule has 0 spiro atoms. The first-order chi connectivity index (χ1) is 17.7. The molecule has 0 aliphatic carbocycles. The van der Waals surface area contributed by atoms with E-state index in [0.717, 1.165) is 71.8 Å². The normalized spacial score (nSPS) is 15.8. The SMILES string of the molecule is CCSc1cc(CCCCCC(C)C/N=C2/SCCN2C(=S)Nc2cccc(Br)c2)ccc1C(F)(F)F. The third-order valence-corrected chi connectivity index (χ3v) is 8.70. The van der Waals surface area contributed by atoms with Gasteiger partial charge in [0.05, 0.1) is 5.56 Å². The molecule has 1 unspecified atom stereocenters. The number of thioether (sulfide) groups is 2. The van der Waals surface area contributed by atoms with Crippen LogP contribution in [-0.4, -0.2) is 39.8 Å². The fourth-order valence-electron chi connectivity index (χ4n) is 4.03. The summed E-state index contributed by atoms with van der Waals surface area (Å²) in [6.07, 6.45) is 0.696. The Hall–Kier alpha value is -1.23. The number of aryl methyl sites for hydroxylation is 1. The number of unbranched alkanes of at least 4 members (excludes halogenated alkanes) is 2. The first kappa shape index (κ1) is 30.3. The number of thiocarbonyl (C=S) groups is 1. The van der Waals surface area contributed by atoms with Crippen molar-refractivity contribution in [2.24, 2.45) is 10.9 Å². The van der Waals surface area contributed by atoms with Gasteiger partial charge < -0.3 is 5.32 Å². The van der Waals surface area contributed by atoms with Gasteiger partial charge in [0.2, 0.25) is 0 Å². The lowest BCUT2D eigenvalue weighted by atomic mass is 10.0. The van der Waals surface area contributed by atoms with E-state index >= 15 is 0 Å². The minimum absolute atomic E-state index is 0.338. The minimum atomic E-state index is -4.30. The Morgan fingerprint density at radius 3 is 2.76 bits per heavy atom. The zero-order chi connectivity index (χ0) is 26.8. The monoisotopic (exact) mass is 631 g/mol. The molecule has 37 heavy (non-hydrogen) atoms. The number of halogens is 4. The lowest BCUT2D eigenvalue weighted by Gasteiger charge is -2.20. The maximum Gasteiger partial charge on any atom is 0.417 e. The Morgan fingerprint density at radius 1 is 1.22 bits per heavy atom. The third-order valence-electron chi connectivity index (χ3n) is 5.95. The molecular weight excluding hydrogens is 599 g/mol. The van der Waals surface area contributed by atoms with E-state index in [0.29, 0.717) is 21.7 Å². The van der Waals surface area contributed by atoms with Crippen LogP contribution < -0.4 is 5.32 Å². The van der Waals surface area contributed by atoms with Crippen molar-refractivity contribution in [3.8, 4) is 0 Å². The van der Waals surface area contributed by atoms with E-state index in [1.54, 1.807) is 23.9 Å². The second kappa shape index (κ2) is 14.8. The van der Waals surface area contributed by atoms with Crippen molar-refractivity contribution in [1.29, 1.82) is 0 Å². The number of hydrogen-bond acceptors (Lipinski definition) is 4. The van der Waals surface area contributed by atoms with Gasteiger partial charge in [-0.2, -0.15) is 13.2 Å². The Kier molecular flexibility index (Phi) is 12.1. The highest BCUT2D eigenvalue weighted by atomic mass is 79.9. The molecule has 0 bridgehead atoms. The van der Waals surface area contributed by atoms with Gasteiger partial charge in [-0.25, -0.2) is 0 Å². The molecule has 1 aliphatic heterocycles. The molecule has 0 radical (unpaired) electrons. The summed E-state index contributed by atoms with van der Waals surface area (Å²) < 4.78 is 40.7. The Balaban J connectivity index is 1.40. The molecule has 0 aromatic heterocycles. The van der Waals surface area contributed by atoms with Gasteiger partial charge in [-0.15, -0.1) is 11.8 Å². The molecule has 1 aliphatic rings. The van der Waals surface area contributed by atoms with Gasteiger partial charge in [0.25, 0.3) is 0 Å². The largest absolute Gasteiger partial charge is 0.417 e. The van der Waals surface area contributed by atoms with Crippen LogP contribution in [-0.2, 0) is 12.6 Å². The highest BCUT2D eigenvalue weighted by molar-refractivity contribution is 9.10. The fourth-order valence-corrected chi connectivity index (χ4v) is 6.63. The molecule has 2 aromatic rings. The van der Waals surface area contributed by atoms with Gasteiger partial charge in [-0.05, 0) is 79.0 Å². The molecule has 0 amide bonds. The maximum atomic E-state index is 13.2. The van der Waals surface area contributed by atoms with Crippen molar-refractivity contribution in [1.82, 2.24) is 4.90 Å². The van der Waals surface area contributed by atoms with Crippen molar-refractivity contribution in [3.05, 3.63) is 58.1 Å². The van der Waals surface area contributed by atoms with E-state index in [9.17, 15) is 13.2 Å². The van der Waals surface area contributed by atoms with Gasteiger partial charge in [0.15, 0.2) is 10.3 Å². The van der Waals surface area contributed by atoms with E-state index in [4.69, 9.17) is 17.2 Å². The standard InChI is InChI=1S/C27H33BrF3N3S3/c1-3-36-24-16-20(12-13-23(24)27(29,30)31)9-6-4-5-8-19(2)18-32-26-34(14-15-37-26)25(35)33-22-11-7-10-21(28)17-22/h7,10-13,16-17,19H,3-6,8-9,14-15,18H2,1-2H3,(H,33,35)/b32-26+. The molecule has 1 N–H and O–H groups in total. The number of nitrogens with zero attached hydrogens (tertiary/aromatic N) is 2. The highest BCUT2D eigenvalue weighted by Crippen LogP contribution is 2.37. The Labute approximate surface area is 240 Å². The average Bonchev–Trinajstić information content (AvgIpc) is 3.31. The Bertz CT molecular complexity index is 1080. The maximum absolute atomic E-state index is 13.2. The topological polar surface area (TPSA) is 27.6 Å². The van der Waals surface area contributed by atoms with E-state index < -0.39 is 11.7 Å². The van der Waals surface area contributed by atoms with Crippen LogP contribution >= 0.6 is 51.7 Å². The molecule has 2 aromatic carbocycles. The number of alkyl halides is 3. The summed E-state index contributed by atoms with van der Waals surface area (Å²) >= 11 is 12.1. The molecule has 10 heteroatoms. The van der Waals surface area contributed by atoms with Gasteiger partial charge >= 0.3 is 6.18 Å². The van der Waals surface area contributed by atoms with Crippen molar-refractivity contribution in [2.45, 2.75) is 57.0 Å². The minimum Gasteiger partial charge on any atom is -0.332 e. The van der Waals surface area contributed by atoms with E-state index in [-0.39, 0.29) is 0 Å². The van der Waals surface area contributed by atoms with Crippen molar-refractivity contribution < 1.29 is 13.2 Å². The average molecular weight is 633 g/mol. The van der Waals surface area contributed by atoms with E-state index in [1.165, 1.54) is 17.8 Å². The molecular formula is C27H33BrF3N3S3. The van der Waals surface area contributed by atoms with Gasteiger partial charge in [0.1, 0.15) is 0 Å². The molecule has 1 heterocycles. The van der Waals surface area contributed by atoms with Crippen molar-refractivity contribution >= 4 is 67.6 Å². The molecule has 3 nitrogen and oxygen atoms in total. The van der Waals surface area contributed by atoms with E-state index in [2.05, 4.69) is 33.1 Å². The van der Waals surface area contributed by atoms with Crippen LogP contribution in [0.25, 0.3) is 0 Å². The van der Waals surface area contributed by atoms with Crippen LogP contribution in [0, 0.1) is 5.92 Å². The van der Waals surface area contributed by atoms with Gasteiger partial charge in [0, 0.05) is 33.9 Å². The summed E-state index contributed by atoms with van der Waals surface area (Å²) in [6.45, 7) is 5.70. The first-order valence-electron chi connectivity index (χ1n) is 12.5. The second-order valence-electron chi connectivity index (χ2n) is 9.03. The number of rotatable bonds is 11. The van der Waals surface area contributed by atoms with Crippen molar-refractivity contribution in [2.75, 3.05) is 29.9 Å². The van der Waals surface area contributed by atoms with E-state index in [1.807, 2.05) is 31.2 Å². The van der Waals surface area contributed by atoms with Crippen LogP contribution in [0.1, 0.15) is 50.7 Å². The summed E-state index contributed by atoms with van der Waals surface area (Å²) in [7, 11) is 0. The quantitative estimate of drug-likeness (QED) is 0.152. The second-order valence-corrected chi connectivity index (χ2v) is 12.7. The summed E-state index contributed by atoms with van der Waals surface area (Å²) in [4.78, 5) is 7.27. The molecule has 1 atom stereocenters. The van der Waals surface area contributed by atoms with Gasteiger partial charge in [-0.1, -0.05) is 66.5 Å². The van der Waals surface area contributed by atoms with Crippen LogP contribution in [0.15, 0.2) is 56.8 Å². The summed E-state index contributed by atoms with van der Waals surface area (Å²) in [6, 6.07) is 12.5. The Morgan fingerprint density at radius 2 is 2.03 bits per heavy atom. The number of anilines is 1. The smallest absolute Gasteiger partial charge is 0.332 e. The van der Waals surface area contributed by atoms with Crippen molar-refractivity contribution in [3.63, 3.8) is 0 Å². The fraction of sp³-hybridized carbons (Fsp3) is 0.481. The lowest BCUT2D eigenvalue weighted by molar-refractivity contribution is -0.139. The predicted molar refractivity (Wildman–Crippen MR) is 161 cm³/mol. The van der Waals surface area contributed by atoms with Gasteiger partial charge in [-0.3, -0.25) is 9.89 Å². The zero-order valence-electron chi connectivity index (χ0n) is 21.1. The van der Waals surface area contributed by atoms with Crippen LogP contribution in [0.3, 0.4) is 0 Å². The summed E-state index contributed by atoms with van der Waals surface area (Å²) in [5, 5.41) is 4.94. The van der Waals surface area contributed by atoms with Crippen LogP contribution in [0.5, 0.6) is 0 Å². The number of benzene rings is 2. The molecule has 1 saturated heterocycles. The number of nitrogens with one attached hydrogen (secondary N) is 1. The molecule has 202 valence electrons. The molecule has 0 saturated carbocycles. The number of aliphatic imine (C=N–C) groups is 1. The number of hydrogen-bond donors (Lipinski definition) is 1. The summed E-state index contributed by atoms with van der Waals surface area (Å²) in [5.41, 5.74) is 1.40. The molecule has 1 fully saturated rings. The van der Waals surface area contributed by atoms with Crippen LogP contribution in [0.4, 0.5) is 18.9 Å². The predicted octanol–water partition coefficient (Wildman–Crippen LogP) is 9.12. The lowest BCUT2D eigenvalue weighted by Crippen LogP contribution is -2.35. The zero-order valence-corrected chi connectivity index (χ0v) is 25.1. The van der Waals surface area contributed by atoms with Crippen LogP contribution in [0.2, 0.25) is 0 Å². The summed E-state index contributed by atoms with van der Waals surface area (Å²) in [5.74, 6) is 2.05. The third kappa shape index (κ3) is 9.79. The first-order valence-corrected chi connectivity index (χ1v) is 15.7. The molecule has 3 rings (SSSR count). The number of amidine groups is 1. The highest BCUT2D eigenvalue weighted by Gasteiger charge is 2.33.